The van der Waals surface area contributed by atoms with Crippen molar-refractivity contribution in [3.8, 4) is 0 Å². The molecule has 0 bridgehead atoms. The van der Waals surface area contributed by atoms with Gasteiger partial charge in [-0.05, 0) is 31.0 Å². The third-order valence-corrected chi connectivity index (χ3v) is 3.83. The minimum absolute atomic E-state index is 0.523. The van der Waals surface area contributed by atoms with Crippen molar-refractivity contribution in [3.63, 3.8) is 0 Å². The second-order valence-corrected chi connectivity index (χ2v) is 5.46. The molecular weight excluding hydrogens is 303 g/mol. The topological polar surface area (TPSA) is 25.8 Å². The molecule has 0 unspecified atom stereocenters. The van der Waals surface area contributed by atoms with Gasteiger partial charge in [-0.2, -0.15) is 0 Å². The van der Waals surface area contributed by atoms with Crippen LogP contribution in [-0.4, -0.2) is 9.97 Å². The van der Waals surface area contributed by atoms with Gasteiger partial charge in [0, 0.05) is 27.7 Å². The molecule has 1 aromatic heterocycles. The number of rotatable bonds is 3. The van der Waals surface area contributed by atoms with E-state index < -0.39 is 0 Å². The Bertz CT molecular complexity index is 589. The predicted molar refractivity (Wildman–Crippen MR) is 80.4 cm³/mol. The zero-order valence-electron chi connectivity index (χ0n) is 10.7. The summed E-state index contributed by atoms with van der Waals surface area (Å²) in [5, 5.41) is 1.75. The molecule has 100 valence electrons. The van der Waals surface area contributed by atoms with Gasteiger partial charge in [0.25, 0.3) is 0 Å². The lowest BCUT2D eigenvalue weighted by atomic mass is 10.1. The number of nitrogens with zero attached hydrogens (tertiary/aromatic N) is 2. The maximum Gasteiger partial charge on any atom is 0.136 e. The van der Waals surface area contributed by atoms with E-state index in [9.17, 15) is 0 Å². The highest BCUT2D eigenvalue weighted by Crippen LogP contribution is 2.24. The van der Waals surface area contributed by atoms with Gasteiger partial charge in [-0.1, -0.05) is 47.8 Å². The fraction of sp³-hybridized carbons (Fsp3) is 0.286. The molecule has 0 N–H and O–H groups in total. The zero-order valence-corrected chi connectivity index (χ0v) is 12.9. The lowest BCUT2D eigenvalue weighted by molar-refractivity contribution is 0.905. The standard InChI is InChI=1S/C14H13Cl3N2/c1-3-11-8(2)18-13(19-14(11)17)6-9-4-5-10(15)7-12(9)16/h4-5,7H,3,6H2,1-2H3. The zero-order chi connectivity index (χ0) is 14.0. The molecule has 0 atom stereocenters. The van der Waals surface area contributed by atoms with E-state index in [-0.39, 0.29) is 0 Å². The number of hydrogen-bond acceptors (Lipinski definition) is 2. The first-order chi connectivity index (χ1) is 9.01. The molecule has 0 radical (unpaired) electrons. The van der Waals surface area contributed by atoms with E-state index in [0.717, 1.165) is 23.2 Å². The van der Waals surface area contributed by atoms with Crippen LogP contribution in [0.15, 0.2) is 18.2 Å². The minimum Gasteiger partial charge on any atom is -0.237 e. The SMILES string of the molecule is CCc1c(C)nc(Cc2ccc(Cl)cc2Cl)nc1Cl. The van der Waals surface area contributed by atoms with Crippen molar-refractivity contribution in [2.45, 2.75) is 26.7 Å². The summed E-state index contributed by atoms with van der Waals surface area (Å²) in [5.41, 5.74) is 2.85. The summed E-state index contributed by atoms with van der Waals surface area (Å²) >= 11 is 18.2. The Morgan fingerprint density at radius 3 is 2.42 bits per heavy atom. The average Bonchev–Trinajstić information content (AvgIpc) is 2.32. The van der Waals surface area contributed by atoms with E-state index in [1.54, 1.807) is 12.1 Å². The molecule has 1 heterocycles. The molecule has 2 rings (SSSR count). The molecule has 0 amide bonds. The molecule has 2 aromatic rings. The summed E-state index contributed by atoms with van der Waals surface area (Å²) in [6.45, 7) is 3.98. The maximum absolute atomic E-state index is 6.16. The Labute approximate surface area is 127 Å². The molecule has 0 saturated carbocycles. The summed E-state index contributed by atoms with van der Waals surface area (Å²) in [6, 6.07) is 5.40. The van der Waals surface area contributed by atoms with Gasteiger partial charge in [0.2, 0.25) is 0 Å². The van der Waals surface area contributed by atoms with Crippen molar-refractivity contribution in [1.82, 2.24) is 9.97 Å². The number of aromatic nitrogens is 2. The molecule has 5 heteroatoms. The van der Waals surface area contributed by atoms with E-state index in [2.05, 4.69) is 9.97 Å². The fourth-order valence-corrected chi connectivity index (χ4v) is 2.78. The lowest BCUT2D eigenvalue weighted by Gasteiger charge is -2.09. The largest absolute Gasteiger partial charge is 0.237 e. The van der Waals surface area contributed by atoms with Crippen LogP contribution in [0.1, 0.15) is 29.6 Å². The number of benzene rings is 1. The van der Waals surface area contributed by atoms with E-state index in [4.69, 9.17) is 34.8 Å². The molecular formula is C14H13Cl3N2. The van der Waals surface area contributed by atoms with Gasteiger partial charge < -0.3 is 0 Å². The summed E-state index contributed by atoms with van der Waals surface area (Å²) in [5.74, 6) is 0.670. The molecule has 2 nitrogen and oxygen atoms in total. The van der Waals surface area contributed by atoms with Gasteiger partial charge in [0.1, 0.15) is 11.0 Å². The van der Waals surface area contributed by atoms with Gasteiger partial charge in [-0.25, -0.2) is 9.97 Å². The van der Waals surface area contributed by atoms with Crippen molar-refractivity contribution in [2.75, 3.05) is 0 Å². The number of aryl methyl sites for hydroxylation is 1. The van der Waals surface area contributed by atoms with Crippen LogP contribution in [0.3, 0.4) is 0 Å². The van der Waals surface area contributed by atoms with Crippen molar-refractivity contribution in [3.05, 3.63) is 56.0 Å². The van der Waals surface area contributed by atoms with Crippen molar-refractivity contribution < 1.29 is 0 Å². The first-order valence-corrected chi connectivity index (χ1v) is 7.10. The fourth-order valence-electron chi connectivity index (χ4n) is 1.93. The monoisotopic (exact) mass is 314 g/mol. The molecule has 0 aliphatic heterocycles. The van der Waals surface area contributed by atoms with Gasteiger partial charge >= 0.3 is 0 Å². The molecule has 1 aromatic carbocycles. The van der Waals surface area contributed by atoms with Gasteiger partial charge in [-0.15, -0.1) is 0 Å². The molecule has 0 saturated heterocycles. The van der Waals surface area contributed by atoms with Crippen LogP contribution in [0.25, 0.3) is 0 Å². The Morgan fingerprint density at radius 1 is 1.11 bits per heavy atom. The summed E-state index contributed by atoms with van der Waals surface area (Å²) in [7, 11) is 0. The number of halogens is 3. The van der Waals surface area contributed by atoms with E-state index in [1.165, 1.54) is 0 Å². The molecule has 0 aliphatic rings. The maximum atomic E-state index is 6.16. The van der Waals surface area contributed by atoms with Crippen LogP contribution in [-0.2, 0) is 12.8 Å². The number of hydrogen-bond donors (Lipinski definition) is 0. The normalized spacial score (nSPS) is 10.8. The highest BCUT2D eigenvalue weighted by atomic mass is 35.5. The van der Waals surface area contributed by atoms with Crippen LogP contribution in [0.5, 0.6) is 0 Å². The van der Waals surface area contributed by atoms with Crippen LogP contribution in [0, 0.1) is 6.92 Å². The second kappa shape index (κ2) is 6.08. The quantitative estimate of drug-likeness (QED) is 0.753. The van der Waals surface area contributed by atoms with E-state index in [1.807, 2.05) is 19.9 Å². The minimum atomic E-state index is 0.523. The second-order valence-electron chi connectivity index (χ2n) is 4.26. The highest BCUT2D eigenvalue weighted by Gasteiger charge is 2.10. The van der Waals surface area contributed by atoms with Crippen LogP contribution < -0.4 is 0 Å². The van der Waals surface area contributed by atoms with Gasteiger partial charge in [0.15, 0.2) is 0 Å². The third-order valence-electron chi connectivity index (χ3n) is 2.93. The Kier molecular flexibility index (Phi) is 4.67. The first-order valence-electron chi connectivity index (χ1n) is 5.97. The summed E-state index contributed by atoms with van der Waals surface area (Å²) in [4.78, 5) is 8.80. The summed E-state index contributed by atoms with van der Waals surface area (Å²) in [6.07, 6.45) is 1.37. The third kappa shape index (κ3) is 3.38. The predicted octanol–water partition coefficient (Wildman–Crippen LogP) is 4.90. The van der Waals surface area contributed by atoms with Gasteiger partial charge in [0.05, 0.1) is 0 Å². The molecule has 0 spiro atoms. The molecule has 0 aliphatic carbocycles. The first kappa shape index (κ1) is 14.6. The van der Waals surface area contributed by atoms with E-state index >= 15 is 0 Å². The Hall–Kier alpha value is -0.830. The molecule has 19 heavy (non-hydrogen) atoms. The van der Waals surface area contributed by atoms with E-state index in [0.29, 0.717) is 27.4 Å². The van der Waals surface area contributed by atoms with Gasteiger partial charge in [-0.3, -0.25) is 0 Å². The van der Waals surface area contributed by atoms with Crippen molar-refractivity contribution in [2.24, 2.45) is 0 Å². The Morgan fingerprint density at radius 2 is 1.84 bits per heavy atom. The molecule has 0 fully saturated rings. The van der Waals surface area contributed by atoms with Crippen LogP contribution >= 0.6 is 34.8 Å². The lowest BCUT2D eigenvalue weighted by Crippen LogP contribution is -2.03. The smallest absolute Gasteiger partial charge is 0.136 e. The highest BCUT2D eigenvalue weighted by molar-refractivity contribution is 6.35. The van der Waals surface area contributed by atoms with Crippen molar-refractivity contribution in [1.29, 1.82) is 0 Å². The van der Waals surface area contributed by atoms with Crippen molar-refractivity contribution >= 4 is 34.8 Å². The summed E-state index contributed by atoms with van der Waals surface area (Å²) < 4.78 is 0. The van der Waals surface area contributed by atoms with Crippen LogP contribution in [0.2, 0.25) is 15.2 Å². The average molecular weight is 316 g/mol. The Balaban J connectivity index is 2.33. The van der Waals surface area contributed by atoms with Crippen LogP contribution in [0.4, 0.5) is 0 Å².